The van der Waals surface area contributed by atoms with E-state index in [1.54, 1.807) is 9.47 Å². The van der Waals surface area contributed by atoms with Crippen LogP contribution >= 0.6 is 11.6 Å². The zero-order chi connectivity index (χ0) is 28.9. The van der Waals surface area contributed by atoms with Crippen LogP contribution in [-0.4, -0.2) is 75.2 Å². The molecule has 0 aliphatic carbocycles. The van der Waals surface area contributed by atoms with Gasteiger partial charge in [0.25, 0.3) is 0 Å². The van der Waals surface area contributed by atoms with Crippen LogP contribution in [0.25, 0.3) is 16.7 Å². The summed E-state index contributed by atoms with van der Waals surface area (Å²) in [6, 6.07) is 9.76. The van der Waals surface area contributed by atoms with Crippen molar-refractivity contribution >= 4 is 56.6 Å². The van der Waals surface area contributed by atoms with Crippen LogP contribution in [0.3, 0.4) is 0 Å². The molecule has 1 saturated heterocycles. The number of halogens is 1. The van der Waals surface area contributed by atoms with Gasteiger partial charge >= 0.3 is 220 Å². The van der Waals surface area contributed by atoms with Crippen LogP contribution in [0, 0.1) is 0 Å². The van der Waals surface area contributed by atoms with E-state index in [1.165, 1.54) is 0 Å². The van der Waals surface area contributed by atoms with Crippen LogP contribution in [0.4, 0.5) is 10.6 Å². The molecule has 0 unspecified atom stereocenters. The van der Waals surface area contributed by atoms with Crippen molar-refractivity contribution in [3.8, 4) is 5.69 Å². The molecular formula is C29H40ClN5O3Sn. The van der Waals surface area contributed by atoms with Gasteiger partial charge in [-0.05, 0) is 20.8 Å². The number of carbonyl (C=O) groups is 1. The van der Waals surface area contributed by atoms with Crippen LogP contribution in [0.2, 0.25) is 19.8 Å². The quantitative estimate of drug-likeness (QED) is 0.342. The number of carbonyl (C=O) groups excluding carboxylic acids is 1. The van der Waals surface area contributed by atoms with Gasteiger partial charge in [-0.2, -0.15) is 0 Å². The summed E-state index contributed by atoms with van der Waals surface area (Å²) in [5.74, 6) is 0.756. The molecule has 3 heterocycles. The summed E-state index contributed by atoms with van der Waals surface area (Å²) in [5.41, 5.74) is 1.47. The molecule has 0 bridgehead atoms. The molecule has 1 amide bonds. The Balaban J connectivity index is 1.89. The first kappa shape index (κ1) is 29.6. The standard InChI is InChI=1S/C26H31ClN5O3.3CH3.Sn/c1-16(2)19-9-7-8-10-21(19)32-22-20(13-18(27)14-28-22)23(29-24(32)33)31-12-11-30(15-17(31)3)25(34)35-26(4,5)6;;;;/h7-10,13,16-17H,11-12,15H2,1-6H3;3*1H3;/t17-;;;;/m0..../s1. The first-order valence-electron chi connectivity index (χ1n) is 13.6. The number of piperazine rings is 1. The third kappa shape index (κ3) is 6.21. The van der Waals surface area contributed by atoms with Gasteiger partial charge in [0.05, 0.1) is 0 Å². The Labute approximate surface area is 240 Å². The van der Waals surface area contributed by atoms with E-state index in [9.17, 15) is 9.59 Å². The summed E-state index contributed by atoms with van der Waals surface area (Å²) in [7, 11) is 0. The van der Waals surface area contributed by atoms with Crippen molar-refractivity contribution < 1.29 is 9.53 Å². The Kier molecular flexibility index (Phi) is 8.30. The van der Waals surface area contributed by atoms with E-state index in [0.29, 0.717) is 36.1 Å². The number of nitrogens with zero attached hydrogens (tertiary/aromatic N) is 5. The van der Waals surface area contributed by atoms with E-state index in [1.807, 2.05) is 58.0 Å². The average molecular weight is 661 g/mol. The number of amides is 1. The van der Waals surface area contributed by atoms with Crippen molar-refractivity contribution in [2.24, 2.45) is 0 Å². The van der Waals surface area contributed by atoms with Crippen molar-refractivity contribution in [2.75, 3.05) is 24.5 Å². The van der Waals surface area contributed by atoms with Crippen molar-refractivity contribution in [3.63, 3.8) is 0 Å². The molecule has 1 aliphatic heterocycles. The number of fused-ring (bicyclic) bond motifs is 1. The van der Waals surface area contributed by atoms with Gasteiger partial charge in [-0.15, -0.1) is 0 Å². The predicted octanol–water partition coefficient (Wildman–Crippen LogP) is 5.55. The fraction of sp³-hybridized carbons (Fsp3) is 0.517. The fourth-order valence-electron chi connectivity index (χ4n) is 5.01. The number of para-hydroxylation sites is 1. The average Bonchev–Trinajstić information content (AvgIpc) is 2.81. The molecule has 10 heteroatoms. The van der Waals surface area contributed by atoms with Crippen LogP contribution in [0.5, 0.6) is 0 Å². The second-order valence-corrected chi connectivity index (χ2v) is 27.3. The molecule has 1 fully saturated rings. The molecule has 0 radical (unpaired) electrons. The van der Waals surface area contributed by atoms with Crippen molar-refractivity contribution in [1.82, 2.24) is 19.4 Å². The third-order valence-corrected chi connectivity index (χ3v) is 12.7. The van der Waals surface area contributed by atoms with Crippen molar-refractivity contribution in [1.29, 1.82) is 0 Å². The Morgan fingerprint density at radius 1 is 1.13 bits per heavy atom. The molecule has 210 valence electrons. The SMILES string of the molecule is CC(C)c1ccccc1-n1c(=O)nc(N2CCN(C(=O)OC(C)(C)C)C[C@@H]2C)c2cc(Cl)[c]([Sn]([CH3])([CH3])[CH3])nc21. The summed E-state index contributed by atoms with van der Waals surface area (Å²) in [5, 5.41) is 1.35. The van der Waals surface area contributed by atoms with E-state index < -0.39 is 24.0 Å². The first-order chi connectivity index (χ1) is 18.1. The predicted molar refractivity (Wildman–Crippen MR) is 162 cm³/mol. The van der Waals surface area contributed by atoms with Gasteiger partial charge in [0, 0.05) is 0 Å². The molecule has 4 rings (SSSR count). The summed E-state index contributed by atoms with van der Waals surface area (Å²) in [6.07, 6.45) is -0.334. The molecular weight excluding hydrogens is 621 g/mol. The number of hydrogen-bond acceptors (Lipinski definition) is 6. The molecule has 0 N–H and O–H groups in total. The van der Waals surface area contributed by atoms with Gasteiger partial charge in [0.1, 0.15) is 0 Å². The van der Waals surface area contributed by atoms with Crippen molar-refractivity contribution in [2.45, 2.75) is 73.9 Å². The third-order valence-electron chi connectivity index (χ3n) is 6.86. The molecule has 1 aliphatic rings. The number of rotatable bonds is 4. The Morgan fingerprint density at radius 2 is 1.79 bits per heavy atom. The maximum absolute atomic E-state index is 13.8. The van der Waals surface area contributed by atoms with Crippen LogP contribution in [0.1, 0.15) is 53.0 Å². The normalized spacial score (nSPS) is 16.7. The van der Waals surface area contributed by atoms with Crippen molar-refractivity contribution in [3.05, 3.63) is 51.4 Å². The number of benzene rings is 1. The zero-order valence-corrected chi connectivity index (χ0v) is 28.1. The summed E-state index contributed by atoms with van der Waals surface area (Å²) in [6.45, 7) is 13.3. The minimum atomic E-state index is -2.75. The van der Waals surface area contributed by atoms with Gasteiger partial charge in [-0.1, -0.05) is 0 Å². The number of aromatic nitrogens is 3. The summed E-state index contributed by atoms with van der Waals surface area (Å²) in [4.78, 5) is 46.9. The van der Waals surface area contributed by atoms with Crippen LogP contribution < -0.4 is 14.3 Å². The van der Waals surface area contributed by atoms with Gasteiger partial charge in [-0.3, -0.25) is 0 Å². The molecule has 1 aromatic carbocycles. The molecule has 0 saturated carbocycles. The molecule has 2 aromatic heterocycles. The second kappa shape index (κ2) is 10.9. The number of anilines is 1. The van der Waals surface area contributed by atoms with E-state index in [4.69, 9.17) is 21.3 Å². The first-order valence-corrected chi connectivity index (χ1v) is 23.9. The molecule has 0 spiro atoms. The Bertz CT molecular complexity index is 1460. The Hall–Kier alpha value is -2.33. The second-order valence-electron chi connectivity index (χ2n) is 12.7. The number of pyridine rings is 1. The van der Waals surface area contributed by atoms with Gasteiger partial charge in [-0.25, -0.2) is 0 Å². The molecule has 39 heavy (non-hydrogen) atoms. The zero-order valence-electron chi connectivity index (χ0n) is 24.5. The molecule has 8 nitrogen and oxygen atoms in total. The van der Waals surface area contributed by atoms with E-state index in [0.717, 1.165) is 20.3 Å². The van der Waals surface area contributed by atoms with Crippen LogP contribution in [0.15, 0.2) is 35.1 Å². The summed E-state index contributed by atoms with van der Waals surface area (Å²) < 4.78 is 8.16. The van der Waals surface area contributed by atoms with E-state index in [-0.39, 0.29) is 23.7 Å². The molecule has 1 atom stereocenters. The van der Waals surface area contributed by atoms with Gasteiger partial charge < -0.3 is 0 Å². The minimum absolute atomic E-state index is 0.0968. The van der Waals surface area contributed by atoms with Gasteiger partial charge in [0.15, 0.2) is 0 Å². The number of hydrogen-bond donors (Lipinski definition) is 0. The Morgan fingerprint density at radius 3 is 2.38 bits per heavy atom. The fourth-order valence-corrected chi connectivity index (χ4v) is 10.6. The summed E-state index contributed by atoms with van der Waals surface area (Å²) >= 11 is 4.11. The number of ether oxygens (including phenoxy) is 1. The topological polar surface area (TPSA) is 80.6 Å². The van der Waals surface area contributed by atoms with Crippen LogP contribution in [-0.2, 0) is 4.74 Å². The maximum atomic E-state index is 13.8. The van der Waals surface area contributed by atoms with E-state index >= 15 is 0 Å². The monoisotopic (exact) mass is 661 g/mol. The van der Waals surface area contributed by atoms with Gasteiger partial charge in [0.2, 0.25) is 0 Å². The molecule has 3 aromatic rings. The van der Waals surface area contributed by atoms with E-state index in [2.05, 4.69) is 38.6 Å².